The molecule has 4 heteroatoms. The summed E-state index contributed by atoms with van der Waals surface area (Å²) >= 11 is 0. The molecule has 162 valence electrons. The number of hydrogen-bond donors (Lipinski definition) is 0. The van der Waals surface area contributed by atoms with E-state index in [1.807, 2.05) is 92.7 Å². The minimum atomic E-state index is 0.126. The van der Waals surface area contributed by atoms with E-state index < -0.39 is 0 Å². The van der Waals surface area contributed by atoms with Crippen molar-refractivity contribution >= 4 is 10.9 Å². The van der Waals surface area contributed by atoms with Gasteiger partial charge in [-0.1, -0.05) is 54.6 Å². The summed E-state index contributed by atoms with van der Waals surface area (Å²) in [5.74, 6) is 2.70. The summed E-state index contributed by atoms with van der Waals surface area (Å²) in [7, 11) is 0. The van der Waals surface area contributed by atoms with Crippen LogP contribution in [0.25, 0.3) is 33.4 Å². The Morgan fingerprint density at radius 1 is 0.576 bits per heavy atom. The van der Waals surface area contributed by atoms with Crippen LogP contribution in [0.15, 0.2) is 103 Å². The maximum Gasteiger partial charge on any atom is 0.230 e. The van der Waals surface area contributed by atoms with Gasteiger partial charge in [0.05, 0.1) is 17.0 Å². The van der Waals surface area contributed by atoms with Crippen LogP contribution in [0.5, 0.6) is 17.4 Å². The molecule has 0 spiro atoms. The van der Waals surface area contributed by atoms with E-state index in [0.717, 1.165) is 33.5 Å². The van der Waals surface area contributed by atoms with Gasteiger partial charge in [-0.3, -0.25) is 0 Å². The van der Waals surface area contributed by atoms with Gasteiger partial charge in [0.2, 0.25) is 5.88 Å². The first kappa shape index (κ1) is 20.7. The highest BCUT2D eigenvalue weighted by Gasteiger charge is 2.12. The molecule has 0 aliphatic heterocycles. The van der Waals surface area contributed by atoms with Crippen LogP contribution in [-0.2, 0) is 0 Å². The standard InChI is InChI=1S/C29H24N2O2/c1-20(2)32-24-18-14-23(15-19-24)28-30-27-11-7-6-10-26(27)29(31-28)33-25-16-12-22(13-17-25)21-8-4-3-5-9-21/h3-20H,1-2H3. The molecule has 5 aromatic rings. The molecule has 0 saturated heterocycles. The van der Waals surface area contributed by atoms with E-state index in [2.05, 4.69) is 24.3 Å². The van der Waals surface area contributed by atoms with Crippen molar-refractivity contribution in [1.82, 2.24) is 9.97 Å². The van der Waals surface area contributed by atoms with Gasteiger partial charge in [0, 0.05) is 5.56 Å². The Bertz CT molecular complexity index is 1360. The highest BCUT2D eigenvalue weighted by molar-refractivity contribution is 5.85. The monoisotopic (exact) mass is 432 g/mol. The lowest BCUT2D eigenvalue weighted by atomic mass is 10.1. The third-order valence-electron chi connectivity index (χ3n) is 5.23. The summed E-state index contributed by atoms with van der Waals surface area (Å²) in [6, 6.07) is 34.1. The maximum absolute atomic E-state index is 6.25. The molecule has 0 radical (unpaired) electrons. The van der Waals surface area contributed by atoms with Crippen molar-refractivity contribution in [2.24, 2.45) is 0 Å². The largest absolute Gasteiger partial charge is 0.491 e. The van der Waals surface area contributed by atoms with Crippen LogP contribution in [0, 0.1) is 0 Å². The van der Waals surface area contributed by atoms with Crippen LogP contribution in [0.1, 0.15) is 13.8 Å². The van der Waals surface area contributed by atoms with Gasteiger partial charge in [0.15, 0.2) is 5.82 Å². The quantitative estimate of drug-likeness (QED) is 0.278. The predicted octanol–water partition coefficient (Wildman–Crippen LogP) is 7.54. The van der Waals surface area contributed by atoms with Gasteiger partial charge in [-0.15, -0.1) is 0 Å². The summed E-state index contributed by atoms with van der Waals surface area (Å²) in [5.41, 5.74) is 4.05. The van der Waals surface area contributed by atoms with Gasteiger partial charge >= 0.3 is 0 Å². The smallest absolute Gasteiger partial charge is 0.230 e. The minimum Gasteiger partial charge on any atom is -0.491 e. The van der Waals surface area contributed by atoms with Gasteiger partial charge in [-0.25, -0.2) is 4.98 Å². The number of fused-ring (bicyclic) bond motifs is 1. The van der Waals surface area contributed by atoms with Crippen LogP contribution in [-0.4, -0.2) is 16.1 Å². The van der Waals surface area contributed by atoms with Crippen molar-refractivity contribution in [2.75, 3.05) is 0 Å². The van der Waals surface area contributed by atoms with Gasteiger partial charge < -0.3 is 9.47 Å². The zero-order chi connectivity index (χ0) is 22.6. The lowest BCUT2D eigenvalue weighted by Gasteiger charge is -2.12. The number of hydrogen-bond acceptors (Lipinski definition) is 4. The van der Waals surface area contributed by atoms with E-state index in [4.69, 9.17) is 19.4 Å². The normalized spacial score (nSPS) is 11.0. The van der Waals surface area contributed by atoms with Crippen LogP contribution in [0.2, 0.25) is 0 Å². The van der Waals surface area contributed by atoms with E-state index in [1.165, 1.54) is 5.56 Å². The summed E-state index contributed by atoms with van der Waals surface area (Å²) in [5, 5.41) is 0.869. The third kappa shape index (κ3) is 4.70. The molecule has 0 atom stereocenters. The first-order chi connectivity index (χ1) is 16.2. The van der Waals surface area contributed by atoms with Gasteiger partial charge in [-0.05, 0) is 73.5 Å². The Morgan fingerprint density at radius 2 is 1.18 bits per heavy atom. The number of rotatable bonds is 6. The molecule has 0 amide bonds. The van der Waals surface area contributed by atoms with Crippen molar-refractivity contribution in [3.05, 3.63) is 103 Å². The number of nitrogens with zero attached hydrogens (tertiary/aromatic N) is 2. The Kier molecular flexibility index (Phi) is 5.73. The second kappa shape index (κ2) is 9.13. The molecule has 0 unspecified atom stereocenters. The fourth-order valence-corrected chi connectivity index (χ4v) is 3.67. The molecule has 0 saturated carbocycles. The van der Waals surface area contributed by atoms with Crippen LogP contribution >= 0.6 is 0 Å². The van der Waals surface area contributed by atoms with Crippen LogP contribution < -0.4 is 9.47 Å². The van der Waals surface area contributed by atoms with Crippen molar-refractivity contribution in [1.29, 1.82) is 0 Å². The van der Waals surface area contributed by atoms with E-state index >= 15 is 0 Å². The zero-order valence-electron chi connectivity index (χ0n) is 18.6. The van der Waals surface area contributed by atoms with Crippen molar-refractivity contribution in [3.8, 4) is 39.9 Å². The first-order valence-electron chi connectivity index (χ1n) is 11.0. The lowest BCUT2D eigenvalue weighted by Crippen LogP contribution is -2.05. The van der Waals surface area contributed by atoms with Gasteiger partial charge in [-0.2, -0.15) is 4.98 Å². The summed E-state index contributed by atoms with van der Waals surface area (Å²) in [4.78, 5) is 9.52. The fraction of sp³-hybridized carbons (Fsp3) is 0.103. The zero-order valence-corrected chi connectivity index (χ0v) is 18.6. The number of ether oxygens (including phenoxy) is 2. The Morgan fingerprint density at radius 3 is 1.91 bits per heavy atom. The summed E-state index contributed by atoms with van der Waals surface area (Å²) < 4.78 is 12.0. The molecular formula is C29H24N2O2. The minimum absolute atomic E-state index is 0.126. The van der Waals surface area contributed by atoms with E-state index in [1.54, 1.807) is 0 Å². The highest BCUT2D eigenvalue weighted by Crippen LogP contribution is 2.31. The van der Waals surface area contributed by atoms with E-state index in [9.17, 15) is 0 Å². The summed E-state index contributed by atoms with van der Waals surface area (Å²) in [6.45, 7) is 4.02. The molecule has 4 nitrogen and oxygen atoms in total. The summed E-state index contributed by atoms with van der Waals surface area (Å²) in [6.07, 6.45) is 0.126. The maximum atomic E-state index is 6.25. The Labute approximate surface area is 193 Å². The van der Waals surface area contributed by atoms with Crippen molar-refractivity contribution in [2.45, 2.75) is 20.0 Å². The first-order valence-corrected chi connectivity index (χ1v) is 11.0. The van der Waals surface area contributed by atoms with Crippen LogP contribution in [0.3, 0.4) is 0 Å². The number of benzene rings is 4. The second-order valence-electron chi connectivity index (χ2n) is 8.05. The molecule has 0 aliphatic carbocycles. The lowest BCUT2D eigenvalue weighted by molar-refractivity contribution is 0.242. The van der Waals surface area contributed by atoms with E-state index in [0.29, 0.717) is 11.7 Å². The molecule has 0 bridgehead atoms. The number of aromatic nitrogens is 2. The third-order valence-corrected chi connectivity index (χ3v) is 5.23. The molecule has 0 N–H and O–H groups in total. The Balaban J connectivity index is 1.47. The molecule has 0 aliphatic rings. The Hall–Kier alpha value is -4.18. The number of para-hydroxylation sites is 1. The molecular weight excluding hydrogens is 408 g/mol. The SMILES string of the molecule is CC(C)Oc1ccc(-c2nc(Oc3ccc(-c4ccccc4)cc3)c3ccccc3n2)cc1. The van der Waals surface area contributed by atoms with Crippen molar-refractivity contribution in [3.63, 3.8) is 0 Å². The highest BCUT2D eigenvalue weighted by atomic mass is 16.5. The fourth-order valence-electron chi connectivity index (χ4n) is 3.67. The molecule has 5 rings (SSSR count). The molecule has 0 fully saturated rings. The second-order valence-corrected chi connectivity index (χ2v) is 8.05. The van der Waals surface area contributed by atoms with E-state index in [-0.39, 0.29) is 6.10 Å². The van der Waals surface area contributed by atoms with Gasteiger partial charge in [0.25, 0.3) is 0 Å². The molecule has 1 aromatic heterocycles. The average molecular weight is 433 g/mol. The average Bonchev–Trinajstić information content (AvgIpc) is 2.85. The van der Waals surface area contributed by atoms with Crippen molar-refractivity contribution < 1.29 is 9.47 Å². The molecule has 4 aromatic carbocycles. The van der Waals surface area contributed by atoms with Gasteiger partial charge in [0.1, 0.15) is 11.5 Å². The predicted molar refractivity (Wildman–Crippen MR) is 133 cm³/mol. The molecule has 33 heavy (non-hydrogen) atoms. The van der Waals surface area contributed by atoms with Crippen LogP contribution in [0.4, 0.5) is 0 Å². The topological polar surface area (TPSA) is 44.2 Å². The molecule has 1 heterocycles.